The Labute approximate surface area is 113 Å². The number of unbranched alkanes of at least 4 members (excludes halogenated alkanes) is 5. The van der Waals surface area contributed by atoms with Crippen LogP contribution >= 0.6 is 11.6 Å². The molecule has 0 spiro atoms. The Kier molecular flexibility index (Phi) is 7.41. The Balaban J connectivity index is 2.20. The minimum Gasteiger partial charge on any atom is -0.467 e. The van der Waals surface area contributed by atoms with Crippen LogP contribution in [0.25, 0.3) is 0 Å². The summed E-state index contributed by atoms with van der Waals surface area (Å²) in [7, 11) is 1.48. The van der Waals surface area contributed by atoms with Crippen LogP contribution in [0.4, 0.5) is 0 Å². The summed E-state index contributed by atoms with van der Waals surface area (Å²) in [5.74, 6) is 0. The molecule has 0 aromatic carbocycles. The Morgan fingerprint density at radius 3 is 2.33 bits per heavy atom. The summed E-state index contributed by atoms with van der Waals surface area (Å²) in [4.78, 5) is 11.6. The maximum atomic E-state index is 5.70. The lowest BCUT2D eigenvalue weighted by molar-refractivity contribution is 0.271. The summed E-state index contributed by atoms with van der Waals surface area (Å²) in [6.07, 6.45) is 7.27. The van der Waals surface area contributed by atoms with Gasteiger partial charge in [-0.3, -0.25) is 0 Å². The van der Waals surface area contributed by atoms with Crippen molar-refractivity contribution in [3.05, 3.63) is 5.28 Å². The van der Waals surface area contributed by atoms with Gasteiger partial charge in [0.25, 0.3) is 0 Å². The van der Waals surface area contributed by atoms with Crippen molar-refractivity contribution in [3.8, 4) is 12.0 Å². The Bertz CT molecular complexity index is 350. The predicted molar refractivity (Wildman–Crippen MR) is 70.3 cm³/mol. The largest absolute Gasteiger partial charge is 0.467 e. The fraction of sp³-hybridized carbons (Fsp3) is 0.750. The SMILES string of the molecule is CCCCCCCCOc1nc(Cl)nc(OC)n1. The second kappa shape index (κ2) is 8.91. The first kappa shape index (κ1) is 15.0. The van der Waals surface area contributed by atoms with E-state index in [1.54, 1.807) is 0 Å². The number of aromatic nitrogens is 3. The van der Waals surface area contributed by atoms with E-state index in [-0.39, 0.29) is 17.3 Å². The molecule has 1 aromatic heterocycles. The van der Waals surface area contributed by atoms with Gasteiger partial charge in [-0.15, -0.1) is 4.98 Å². The average molecular weight is 274 g/mol. The van der Waals surface area contributed by atoms with Crippen LogP contribution in [-0.4, -0.2) is 28.7 Å². The van der Waals surface area contributed by atoms with Gasteiger partial charge in [-0.05, 0) is 18.0 Å². The van der Waals surface area contributed by atoms with E-state index in [2.05, 4.69) is 21.9 Å². The van der Waals surface area contributed by atoms with E-state index in [0.29, 0.717) is 6.61 Å². The first-order valence-electron chi connectivity index (χ1n) is 6.34. The molecule has 0 bridgehead atoms. The van der Waals surface area contributed by atoms with Gasteiger partial charge >= 0.3 is 12.0 Å². The summed E-state index contributed by atoms with van der Waals surface area (Å²) in [5.41, 5.74) is 0. The normalized spacial score (nSPS) is 10.4. The van der Waals surface area contributed by atoms with Crippen LogP contribution in [0.15, 0.2) is 0 Å². The topological polar surface area (TPSA) is 57.1 Å². The van der Waals surface area contributed by atoms with E-state index in [1.807, 2.05) is 0 Å². The highest BCUT2D eigenvalue weighted by Gasteiger charge is 2.05. The third kappa shape index (κ3) is 6.00. The molecule has 102 valence electrons. The number of nitrogens with zero attached hydrogens (tertiary/aromatic N) is 3. The average Bonchev–Trinajstić information content (AvgIpc) is 2.37. The Morgan fingerprint density at radius 1 is 0.944 bits per heavy atom. The Hall–Kier alpha value is -1.10. The number of methoxy groups -OCH3 is 1. The zero-order valence-electron chi connectivity index (χ0n) is 11.0. The van der Waals surface area contributed by atoms with Crippen molar-refractivity contribution in [2.45, 2.75) is 45.4 Å². The van der Waals surface area contributed by atoms with Crippen molar-refractivity contribution in [3.63, 3.8) is 0 Å². The second-order valence-electron chi connectivity index (χ2n) is 3.99. The molecule has 0 amide bonds. The smallest absolute Gasteiger partial charge is 0.323 e. The molecule has 1 rings (SSSR count). The van der Waals surface area contributed by atoms with Crippen LogP contribution in [0.2, 0.25) is 5.28 Å². The van der Waals surface area contributed by atoms with Crippen LogP contribution in [0.5, 0.6) is 12.0 Å². The molecular weight excluding hydrogens is 254 g/mol. The number of hydrogen-bond acceptors (Lipinski definition) is 5. The summed E-state index contributed by atoms with van der Waals surface area (Å²) in [5, 5.41) is 0.0831. The quantitative estimate of drug-likeness (QED) is 0.646. The molecule has 1 aromatic rings. The first-order chi connectivity index (χ1) is 8.76. The molecule has 0 radical (unpaired) electrons. The van der Waals surface area contributed by atoms with Crippen molar-refractivity contribution < 1.29 is 9.47 Å². The van der Waals surface area contributed by atoms with E-state index in [9.17, 15) is 0 Å². The monoisotopic (exact) mass is 273 g/mol. The third-order valence-corrected chi connectivity index (χ3v) is 2.65. The molecule has 0 saturated heterocycles. The van der Waals surface area contributed by atoms with Gasteiger partial charge in [-0.1, -0.05) is 39.0 Å². The standard InChI is InChI=1S/C12H20ClN3O2/c1-3-4-5-6-7-8-9-18-12-15-10(13)14-11(16-12)17-2/h3-9H2,1-2H3. The lowest BCUT2D eigenvalue weighted by atomic mass is 10.1. The predicted octanol–water partition coefficient (Wildman–Crippen LogP) is 3.27. The zero-order valence-corrected chi connectivity index (χ0v) is 11.7. The van der Waals surface area contributed by atoms with E-state index < -0.39 is 0 Å². The fourth-order valence-corrected chi connectivity index (χ4v) is 1.66. The number of rotatable bonds is 9. The molecule has 0 aliphatic heterocycles. The number of halogens is 1. The number of hydrogen-bond donors (Lipinski definition) is 0. The highest BCUT2D eigenvalue weighted by Crippen LogP contribution is 2.13. The van der Waals surface area contributed by atoms with Crippen LogP contribution < -0.4 is 9.47 Å². The van der Waals surface area contributed by atoms with Crippen molar-refractivity contribution in [2.75, 3.05) is 13.7 Å². The molecule has 18 heavy (non-hydrogen) atoms. The minimum absolute atomic E-state index is 0.0831. The van der Waals surface area contributed by atoms with E-state index in [4.69, 9.17) is 21.1 Å². The molecule has 5 nitrogen and oxygen atoms in total. The highest BCUT2D eigenvalue weighted by molar-refractivity contribution is 6.28. The highest BCUT2D eigenvalue weighted by atomic mass is 35.5. The van der Waals surface area contributed by atoms with E-state index in [1.165, 1.54) is 32.8 Å². The molecule has 0 fully saturated rings. The zero-order chi connectivity index (χ0) is 13.2. The van der Waals surface area contributed by atoms with Crippen LogP contribution in [0.1, 0.15) is 45.4 Å². The molecule has 1 heterocycles. The van der Waals surface area contributed by atoms with E-state index >= 15 is 0 Å². The van der Waals surface area contributed by atoms with E-state index in [0.717, 1.165) is 12.8 Å². The van der Waals surface area contributed by atoms with Gasteiger partial charge in [0.15, 0.2) is 0 Å². The van der Waals surface area contributed by atoms with Crippen LogP contribution in [0, 0.1) is 0 Å². The molecule has 0 atom stereocenters. The lowest BCUT2D eigenvalue weighted by Gasteiger charge is -2.05. The maximum absolute atomic E-state index is 5.70. The summed E-state index contributed by atoms with van der Waals surface area (Å²) < 4.78 is 10.3. The van der Waals surface area contributed by atoms with Crippen molar-refractivity contribution in [2.24, 2.45) is 0 Å². The van der Waals surface area contributed by atoms with Gasteiger partial charge in [0.1, 0.15) is 0 Å². The summed E-state index contributed by atoms with van der Waals surface area (Å²) in [6, 6.07) is 0.397. The van der Waals surface area contributed by atoms with Crippen LogP contribution in [-0.2, 0) is 0 Å². The molecule has 0 aliphatic rings. The lowest BCUT2D eigenvalue weighted by Crippen LogP contribution is -2.04. The van der Waals surface area contributed by atoms with Gasteiger partial charge in [-0.25, -0.2) is 0 Å². The van der Waals surface area contributed by atoms with Gasteiger partial charge in [-0.2, -0.15) is 9.97 Å². The Morgan fingerprint density at radius 2 is 1.61 bits per heavy atom. The summed E-state index contributed by atoms with van der Waals surface area (Å²) >= 11 is 5.70. The molecule has 0 unspecified atom stereocenters. The van der Waals surface area contributed by atoms with Crippen molar-refractivity contribution in [1.82, 2.24) is 15.0 Å². The van der Waals surface area contributed by atoms with Gasteiger partial charge in [0.2, 0.25) is 5.28 Å². The molecule has 6 heteroatoms. The molecule has 0 saturated carbocycles. The van der Waals surface area contributed by atoms with Gasteiger partial charge in [0, 0.05) is 0 Å². The molecular formula is C12H20ClN3O2. The molecule has 0 N–H and O–H groups in total. The maximum Gasteiger partial charge on any atom is 0.323 e. The van der Waals surface area contributed by atoms with Crippen LogP contribution in [0.3, 0.4) is 0 Å². The fourth-order valence-electron chi connectivity index (χ4n) is 1.52. The van der Waals surface area contributed by atoms with Crippen molar-refractivity contribution >= 4 is 11.6 Å². The second-order valence-corrected chi connectivity index (χ2v) is 4.33. The van der Waals surface area contributed by atoms with Crippen molar-refractivity contribution in [1.29, 1.82) is 0 Å². The van der Waals surface area contributed by atoms with Gasteiger partial charge in [0.05, 0.1) is 13.7 Å². The third-order valence-electron chi connectivity index (χ3n) is 2.48. The first-order valence-corrected chi connectivity index (χ1v) is 6.72. The minimum atomic E-state index is 0.0831. The molecule has 0 aliphatic carbocycles. The summed E-state index contributed by atoms with van der Waals surface area (Å²) in [6.45, 7) is 2.80. The van der Waals surface area contributed by atoms with Gasteiger partial charge < -0.3 is 9.47 Å². The number of ether oxygens (including phenoxy) is 2.